The first-order valence-electron chi connectivity index (χ1n) is 8.27. The Morgan fingerprint density at radius 1 is 1.17 bits per heavy atom. The normalized spacial score (nSPS) is 10.7. The lowest BCUT2D eigenvalue weighted by atomic mass is 10.0. The summed E-state index contributed by atoms with van der Waals surface area (Å²) >= 11 is 0. The molecule has 0 saturated carbocycles. The lowest BCUT2D eigenvalue weighted by molar-refractivity contribution is 0.0600. The fraction of sp³-hybridized carbons (Fsp3) is 0.550. The van der Waals surface area contributed by atoms with E-state index in [1.807, 2.05) is 19.1 Å². The van der Waals surface area contributed by atoms with Gasteiger partial charge in [-0.15, -0.1) is 0 Å². The van der Waals surface area contributed by atoms with Crippen molar-refractivity contribution < 1.29 is 15.7 Å². The third-order valence-corrected chi connectivity index (χ3v) is 3.30. The van der Waals surface area contributed by atoms with Crippen LogP contribution in [0.5, 0.6) is 0 Å². The highest BCUT2D eigenvalue weighted by Crippen LogP contribution is 2.09. The van der Waals surface area contributed by atoms with Crippen molar-refractivity contribution in [2.45, 2.75) is 46.5 Å². The first-order chi connectivity index (χ1) is 11.1. The summed E-state index contributed by atoms with van der Waals surface area (Å²) in [5.74, 6) is 6.52. The Morgan fingerprint density at radius 2 is 1.78 bits per heavy atom. The number of ether oxygens (including phenoxy) is 2. The number of hydrogen-bond donors (Lipinski definition) is 0. The van der Waals surface area contributed by atoms with Crippen LogP contribution >= 0.6 is 0 Å². The van der Waals surface area contributed by atoms with E-state index in [0.29, 0.717) is 11.5 Å². The summed E-state index contributed by atoms with van der Waals surface area (Å²) < 4.78 is 9.20. The third kappa shape index (κ3) is 10.5. The van der Waals surface area contributed by atoms with Crippen molar-refractivity contribution in [3.8, 4) is 11.8 Å². The molecule has 130 valence electrons. The van der Waals surface area contributed by atoms with Gasteiger partial charge in [-0.1, -0.05) is 45.0 Å². The molecule has 0 spiro atoms. The highest BCUT2D eigenvalue weighted by molar-refractivity contribution is 5.89. The van der Waals surface area contributed by atoms with Gasteiger partial charge in [-0.25, -0.2) is 4.79 Å². The standard InChI is InChI=1S/C17H22O2.C3H8O.H2/c1-4-5-6-7-14(2)8-9-15-10-12-16(13-11-15)17(18)19-3;1-3-4-2;/h10-14H,4-7H2,1-3H3;3H2,1-2H3;1H. The van der Waals surface area contributed by atoms with E-state index in [9.17, 15) is 4.79 Å². The zero-order valence-electron chi connectivity index (χ0n) is 15.1. The van der Waals surface area contributed by atoms with E-state index in [-0.39, 0.29) is 7.40 Å². The first-order valence-corrected chi connectivity index (χ1v) is 8.27. The Hall–Kier alpha value is -1.79. The minimum absolute atomic E-state index is 0. The zero-order chi connectivity index (χ0) is 17.5. The Morgan fingerprint density at radius 3 is 2.26 bits per heavy atom. The molecule has 0 aliphatic heterocycles. The van der Waals surface area contributed by atoms with Gasteiger partial charge in [0.2, 0.25) is 0 Å². The minimum atomic E-state index is -0.313. The van der Waals surface area contributed by atoms with Crippen LogP contribution in [0.2, 0.25) is 0 Å². The van der Waals surface area contributed by atoms with Crippen molar-refractivity contribution >= 4 is 5.97 Å². The average Bonchev–Trinajstić information content (AvgIpc) is 2.60. The van der Waals surface area contributed by atoms with E-state index >= 15 is 0 Å². The SMILES string of the molecule is CCCCCC(C)C#Cc1ccc(C(=O)OC)cc1.CCOC.[HH]. The van der Waals surface area contributed by atoms with Crippen molar-refractivity contribution in [1.82, 2.24) is 0 Å². The fourth-order valence-corrected chi connectivity index (χ4v) is 1.79. The summed E-state index contributed by atoms with van der Waals surface area (Å²) in [5, 5.41) is 0. The molecule has 0 fully saturated rings. The predicted octanol–water partition coefficient (Wildman–Crippen LogP) is 4.94. The number of benzene rings is 1. The number of rotatable bonds is 6. The summed E-state index contributed by atoms with van der Waals surface area (Å²) in [6.45, 7) is 7.14. The smallest absolute Gasteiger partial charge is 0.337 e. The maximum atomic E-state index is 11.3. The first kappa shape index (κ1) is 21.2. The summed E-state index contributed by atoms with van der Waals surface area (Å²) in [6.07, 6.45) is 4.92. The van der Waals surface area contributed by atoms with E-state index in [1.165, 1.54) is 26.4 Å². The summed E-state index contributed by atoms with van der Waals surface area (Å²) in [7, 11) is 3.06. The topological polar surface area (TPSA) is 35.5 Å². The van der Waals surface area contributed by atoms with Crippen molar-refractivity contribution in [1.29, 1.82) is 0 Å². The molecular weight excluding hydrogens is 288 g/mol. The molecule has 3 nitrogen and oxygen atoms in total. The van der Waals surface area contributed by atoms with Gasteiger partial charge in [0.05, 0.1) is 12.7 Å². The van der Waals surface area contributed by atoms with Gasteiger partial charge in [0.1, 0.15) is 0 Å². The molecule has 0 radical (unpaired) electrons. The molecule has 0 aliphatic rings. The second-order valence-electron chi connectivity index (χ2n) is 5.31. The number of hydrogen-bond acceptors (Lipinski definition) is 3. The van der Waals surface area contributed by atoms with Gasteiger partial charge in [0.15, 0.2) is 0 Å². The largest absolute Gasteiger partial charge is 0.465 e. The number of carbonyl (C=O) groups is 1. The molecular formula is C20H32O3. The van der Waals surface area contributed by atoms with E-state index in [4.69, 9.17) is 0 Å². The Bertz CT molecular complexity index is 484. The summed E-state index contributed by atoms with van der Waals surface area (Å²) in [4.78, 5) is 11.3. The van der Waals surface area contributed by atoms with Crippen LogP contribution < -0.4 is 0 Å². The predicted molar refractivity (Wildman–Crippen MR) is 97.6 cm³/mol. The van der Waals surface area contributed by atoms with Crippen LogP contribution in [0.15, 0.2) is 24.3 Å². The monoisotopic (exact) mass is 320 g/mol. The van der Waals surface area contributed by atoms with E-state index in [0.717, 1.165) is 18.6 Å². The van der Waals surface area contributed by atoms with Crippen LogP contribution in [-0.2, 0) is 9.47 Å². The zero-order valence-corrected chi connectivity index (χ0v) is 15.1. The minimum Gasteiger partial charge on any atom is -0.465 e. The molecule has 0 N–H and O–H groups in total. The second kappa shape index (κ2) is 13.8. The molecule has 0 heterocycles. The molecule has 0 saturated heterocycles. The van der Waals surface area contributed by atoms with Crippen LogP contribution in [-0.4, -0.2) is 26.8 Å². The molecule has 0 aromatic heterocycles. The maximum absolute atomic E-state index is 11.3. The maximum Gasteiger partial charge on any atom is 0.337 e. The van der Waals surface area contributed by atoms with Gasteiger partial charge in [-0.2, -0.15) is 0 Å². The molecule has 1 unspecified atom stereocenters. The Kier molecular flexibility index (Phi) is 12.8. The Balaban J connectivity index is 0. The van der Waals surface area contributed by atoms with Gasteiger partial charge in [-0.05, 0) is 37.6 Å². The lowest BCUT2D eigenvalue weighted by Gasteiger charge is -2.02. The van der Waals surface area contributed by atoms with Gasteiger partial charge in [0, 0.05) is 26.6 Å². The van der Waals surface area contributed by atoms with Crippen molar-refractivity contribution in [2.24, 2.45) is 5.92 Å². The summed E-state index contributed by atoms with van der Waals surface area (Å²) in [5.41, 5.74) is 1.50. The highest BCUT2D eigenvalue weighted by Gasteiger charge is 2.03. The Labute approximate surface area is 142 Å². The molecule has 1 aromatic rings. The highest BCUT2D eigenvalue weighted by atomic mass is 16.5. The van der Waals surface area contributed by atoms with Crippen molar-refractivity contribution in [2.75, 3.05) is 20.8 Å². The van der Waals surface area contributed by atoms with Crippen LogP contribution in [0.4, 0.5) is 0 Å². The van der Waals surface area contributed by atoms with Crippen molar-refractivity contribution in [3.05, 3.63) is 35.4 Å². The molecule has 1 rings (SSSR count). The number of carbonyl (C=O) groups excluding carboxylic acids is 1. The van der Waals surface area contributed by atoms with Gasteiger partial charge in [0.25, 0.3) is 0 Å². The molecule has 3 heteroatoms. The summed E-state index contributed by atoms with van der Waals surface area (Å²) in [6, 6.07) is 7.21. The quantitative estimate of drug-likeness (QED) is 0.423. The van der Waals surface area contributed by atoms with Crippen LogP contribution in [0.3, 0.4) is 0 Å². The fourth-order valence-electron chi connectivity index (χ4n) is 1.79. The van der Waals surface area contributed by atoms with Crippen LogP contribution in [0.1, 0.15) is 63.8 Å². The van der Waals surface area contributed by atoms with E-state index in [1.54, 1.807) is 19.2 Å². The number of methoxy groups -OCH3 is 2. The molecule has 23 heavy (non-hydrogen) atoms. The van der Waals surface area contributed by atoms with Crippen LogP contribution in [0.25, 0.3) is 0 Å². The second-order valence-corrected chi connectivity index (χ2v) is 5.31. The number of unbranched alkanes of at least 4 members (excludes halogenated alkanes) is 2. The van der Waals surface area contributed by atoms with Gasteiger partial charge >= 0.3 is 5.97 Å². The average molecular weight is 320 g/mol. The van der Waals surface area contributed by atoms with Crippen molar-refractivity contribution in [3.63, 3.8) is 0 Å². The van der Waals surface area contributed by atoms with E-state index in [2.05, 4.69) is 35.2 Å². The van der Waals surface area contributed by atoms with E-state index < -0.39 is 0 Å². The molecule has 1 aromatic carbocycles. The number of esters is 1. The molecule has 0 amide bonds. The molecule has 0 aliphatic carbocycles. The lowest BCUT2D eigenvalue weighted by Crippen LogP contribution is -2.00. The molecule has 0 bridgehead atoms. The van der Waals surface area contributed by atoms with Crippen LogP contribution in [0, 0.1) is 17.8 Å². The third-order valence-electron chi connectivity index (χ3n) is 3.30. The van der Waals surface area contributed by atoms with Gasteiger partial charge < -0.3 is 9.47 Å². The molecule has 1 atom stereocenters. The van der Waals surface area contributed by atoms with Gasteiger partial charge in [-0.3, -0.25) is 0 Å².